The lowest BCUT2D eigenvalue weighted by molar-refractivity contribution is -0.0884. The van der Waals surface area contributed by atoms with Crippen LogP contribution in [0.2, 0.25) is 0 Å². The van der Waals surface area contributed by atoms with Crippen LogP contribution in [0, 0.1) is 0 Å². The summed E-state index contributed by atoms with van der Waals surface area (Å²) in [4.78, 5) is 24.8. The number of benzene rings is 1. The molecule has 1 amide bonds. The number of nitrogens with one attached hydrogen (secondary N) is 1. The maximum Gasteiger partial charge on any atom is 0.454 e. The summed E-state index contributed by atoms with van der Waals surface area (Å²) in [6, 6.07) is 5.80. The van der Waals surface area contributed by atoms with Crippen LogP contribution >= 0.6 is 0 Å². The van der Waals surface area contributed by atoms with Crippen LogP contribution in [0.1, 0.15) is 20.8 Å². The molecule has 0 spiro atoms. The van der Waals surface area contributed by atoms with Crippen molar-refractivity contribution in [2.24, 2.45) is 5.73 Å². The van der Waals surface area contributed by atoms with E-state index in [2.05, 4.69) is 4.98 Å². The first kappa shape index (κ1) is 12.2. The summed E-state index contributed by atoms with van der Waals surface area (Å²) in [6.07, 6.45) is -5.06. The first-order chi connectivity index (χ1) is 8.32. The van der Waals surface area contributed by atoms with E-state index in [4.69, 9.17) is 5.73 Å². The molecule has 0 fully saturated rings. The van der Waals surface area contributed by atoms with E-state index in [9.17, 15) is 22.8 Å². The minimum Gasteiger partial charge on any atom is -0.364 e. The summed E-state index contributed by atoms with van der Waals surface area (Å²) in [5, 5.41) is 0.0219. The Morgan fingerprint density at radius 3 is 2.33 bits per heavy atom. The number of alkyl halides is 3. The molecule has 2 rings (SSSR count). The van der Waals surface area contributed by atoms with Crippen molar-refractivity contribution in [1.82, 2.24) is 4.98 Å². The Labute approximate surface area is 98.6 Å². The molecule has 3 N–H and O–H groups in total. The van der Waals surface area contributed by atoms with Gasteiger partial charge in [-0.05, 0) is 6.07 Å². The van der Waals surface area contributed by atoms with E-state index >= 15 is 0 Å². The number of primary amides is 1. The molecular formula is C11H7F3N2O2. The number of halogens is 3. The fourth-order valence-corrected chi connectivity index (χ4v) is 1.70. The van der Waals surface area contributed by atoms with Crippen LogP contribution in [-0.4, -0.2) is 22.9 Å². The van der Waals surface area contributed by atoms with Gasteiger partial charge in [0.15, 0.2) is 0 Å². The van der Waals surface area contributed by atoms with Crippen LogP contribution in [0.5, 0.6) is 0 Å². The van der Waals surface area contributed by atoms with E-state index in [1.807, 2.05) is 0 Å². The van der Waals surface area contributed by atoms with E-state index in [-0.39, 0.29) is 10.9 Å². The van der Waals surface area contributed by atoms with E-state index < -0.39 is 29.1 Å². The standard InChI is InChI=1S/C11H7F3N2O2/c12-11(13,14)9(17)7-5-3-1-2-4-6(5)16-8(7)10(15)18/h1-4,16H,(H2,15,18). The van der Waals surface area contributed by atoms with Crippen molar-refractivity contribution in [3.63, 3.8) is 0 Å². The molecule has 0 aliphatic heterocycles. The number of nitrogens with two attached hydrogens (primary N) is 1. The molecule has 1 heterocycles. The quantitative estimate of drug-likeness (QED) is 0.806. The van der Waals surface area contributed by atoms with Gasteiger partial charge in [-0.3, -0.25) is 9.59 Å². The number of para-hydroxylation sites is 1. The fourth-order valence-electron chi connectivity index (χ4n) is 1.70. The Morgan fingerprint density at radius 1 is 1.17 bits per heavy atom. The highest BCUT2D eigenvalue weighted by atomic mass is 19.4. The second-order valence-electron chi connectivity index (χ2n) is 3.61. The number of H-pyrrole nitrogens is 1. The van der Waals surface area contributed by atoms with Crippen LogP contribution in [-0.2, 0) is 0 Å². The van der Waals surface area contributed by atoms with Gasteiger partial charge >= 0.3 is 6.18 Å². The summed E-state index contributed by atoms with van der Waals surface area (Å²) in [7, 11) is 0. The topological polar surface area (TPSA) is 76.0 Å². The lowest BCUT2D eigenvalue weighted by atomic mass is 10.1. The minimum atomic E-state index is -5.06. The Kier molecular flexibility index (Phi) is 2.61. The zero-order valence-corrected chi connectivity index (χ0v) is 8.84. The maximum atomic E-state index is 12.5. The van der Waals surface area contributed by atoms with E-state index in [0.717, 1.165) is 0 Å². The highest BCUT2D eigenvalue weighted by Crippen LogP contribution is 2.29. The number of aromatic nitrogens is 1. The lowest BCUT2D eigenvalue weighted by Crippen LogP contribution is -2.26. The Balaban J connectivity index is 2.78. The molecule has 18 heavy (non-hydrogen) atoms. The van der Waals surface area contributed by atoms with Gasteiger partial charge in [-0.25, -0.2) is 0 Å². The molecule has 94 valence electrons. The minimum absolute atomic E-state index is 0.0219. The third kappa shape index (κ3) is 1.83. The van der Waals surface area contributed by atoms with Crippen molar-refractivity contribution in [3.8, 4) is 0 Å². The van der Waals surface area contributed by atoms with E-state index in [1.54, 1.807) is 6.07 Å². The van der Waals surface area contributed by atoms with Gasteiger partial charge in [0.25, 0.3) is 11.7 Å². The van der Waals surface area contributed by atoms with E-state index in [0.29, 0.717) is 0 Å². The molecule has 0 aliphatic rings. The zero-order valence-electron chi connectivity index (χ0n) is 8.84. The summed E-state index contributed by atoms with van der Waals surface area (Å²) in [5.41, 5.74) is 3.96. The smallest absolute Gasteiger partial charge is 0.364 e. The van der Waals surface area contributed by atoms with E-state index in [1.165, 1.54) is 18.2 Å². The van der Waals surface area contributed by atoms with Crippen molar-refractivity contribution in [2.75, 3.05) is 0 Å². The predicted molar refractivity (Wildman–Crippen MR) is 57.2 cm³/mol. The fraction of sp³-hybridized carbons (Fsp3) is 0.0909. The van der Waals surface area contributed by atoms with Crippen LogP contribution in [0.25, 0.3) is 10.9 Å². The zero-order chi connectivity index (χ0) is 13.5. The van der Waals surface area contributed by atoms with Crippen molar-refractivity contribution in [3.05, 3.63) is 35.5 Å². The Bertz CT molecular complexity index is 643. The molecule has 2 aromatic rings. The number of amides is 1. The molecule has 0 unspecified atom stereocenters. The third-order valence-electron chi connectivity index (χ3n) is 2.44. The van der Waals surface area contributed by atoms with Gasteiger partial charge in [0.05, 0.1) is 5.56 Å². The van der Waals surface area contributed by atoms with Crippen LogP contribution in [0.3, 0.4) is 0 Å². The van der Waals surface area contributed by atoms with Gasteiger partial charge in [0, 0.05) is 10.9 Å². The number of hydrogen-bond donors (Lipinski definition) is 2. The molecule has 0 aliphatic carbocycles. The number of hydrogen-bond acceptors (Lipinski definition) is 2. The molecule has 7 heteroatoms. The number of Topliss-reactive ketones (excluding diaryl/α,β-unsaturated/α-hetero) is 1. The molecule has 4 nitrogen and oxygen atoms in total. The summed E-state index contributed by atoms with van der Waals surface area (Å²) >= 11 is 0. The Morgan fingerprint density at radius 2 is 1.78 bits per heavy atom. The summed E-state index contributed by atoms with van der Waals surface area (Å²) in [5.74, 6) is -3.20. The Hall–Kier alpha value is -2.31. The van der Waals surface area contributed by atoms with Crippen molar-refractivity contribution >= 4 is 22.6 Å². The van der Waals surface area contributed by atoms with Crippen molar-refractivity contribution in [2.45, 2.75) is 6.18 Å². The number of aromatic amines is 1. The molecule has 0 saturated heterocycles. The molecular weight excluding hydrogens is 249 g/mol. The number of ketones is 1. The highest BCUT2D eigenvalue weighted by Gasteiger charge is 2.42. The number of carbonyl (C=O) groups excluding carboxylic acids is 2. The van der Waals surface area contributed by atoms with Crippen LogP contribution in [0.4, 0.5) is 13.2 Å². The number of carbonyl (C=O) groups is 2. The van der Waals surface area contributed by atoms with Crippen LogP contribution < -0.4 is 5.73 Å². The van der Waals surface area contributed by atoms with Gasteiger partial charge in [0.1, 0.15) is 5.69 Å². The monoisotopic (exact) mass is 256 g/mol. The molecule has 0 saturated carbocycles. The molecule has 0 radical (unpaired) electrons. The average molecular weight is 256 g/mol. The van der Waals surface area contributed by atoms with Gasteiger partial charge in [-0.2, -0.15) is 13.2 Å². The molecule has 1 aromatic heterocycles. The highest BCUT2D eigenvalue weighted by molar-refractivity contribution is 6.17. The largest absolute Gasteiger partial charge is 0.454 e. The van der Waals surface area contributed by atoms with Gasteiger partial charge in [-0.1, -0.05) is 18.2 Å². The first-order valence-corrected chi connectivity index (χ1v) is 4.84. The van der Waals surface area contributed by atoms with Crippen LogP contribution in [0.15, 0.2) is 24.3 Å². The predicted octanol–water partition coefficient (Wildman–Crippen LogP) is 2.01. The van der Waals surface area contributed by atoms with Gasteiger partial charge < -0.3 is 10.7 Å². The molecule has 1 aromatic carbocycles. The summed E-state index contributed by atoms with van der Waals surface area (Å²) in [6.45, 7) is 0. The SMILES string of the molecule is NC(=O)c1[nH]c2ccccc2c1C(=O)C(F)(F)F. The second kappa shape index (κ2) is 3.86. The normalized spacial score (nSPS) is 11.7. The molecule has 0 atom stereocenters. The first-order valence-electron chi connectivity index (χ1n) is 4.84. The van der Waals surface area contributed by atoms with Gasteiger partial charge in [0.2, 0.25) is 0 Å². The maximum absolute atomic E-state index is 12.5. The van der Waals surface area contributed by atoms with Gasteiger partial charge in [-0.15, -0.1) is 0 Å². The van der Waals surface area contributed by atoms with Crippen molar-refractivity contribution in [1.29, 1.82) is 0 Å². The second-order valence-corrected chi connectivity index (χ2v) is 3.61. The third-order valence-corrected chi connectivity index (χ3v) is 2.44. The average Bonchev–Trinajstić information content (AvgIpc) is 2.65. The van der Waals surface area contributed by atoms with Crippen molar-refractivity contribution < 1.29 is 22.8 Å². The number of fused-ring (bicyclic) bond motifs is 1. The lowest BCUT2D eigenvalue weighted by Gasteiger charge is -2.05. The summed E-state index contributed by atoms with van der Waals surface area (Å²) < 4.78 is 37.4. The molecule has 0 bridgehead atoms. The number of rotatable bonds is 2.